The number of carbonyl (C=O) groups excluding carboxylic acids is 1. The standard InChI is InChI=1S/C10H10F2N2OS/c1-5(9(13)16)14-10(15)6-2-3-7(11)8(12)4-6/h2-5H,1H3,(H2,13,16)(H,14,15). The number of rotatable bonds is 3. The molecule has 6 heteroatoms. The Balaban J connectivity index is 2.81. The number of hydrogen-bond acceptors (Lipinski definition) is 2. The highest BCUT2D eigenvalue weighted by Crippen LogP contribution is 2.08. The van der Waals surface area contributed by atoms with Crippen molar-refractivity contribution in [3.05, 3.63) is 35.4 Å². The van der Waals surface area contributed by atoms with Gasteiger partial charge >= 0.3 is 0 Å². The second-order valence-corrected chi connectivity index (χ2v) is 3.70. The molecule has 0 fully saturated rings. The maximum absolute atomic E-state index is 12.8. The molecule has 1 rings (SSSR count). The highest BCUT2D eigenvalue weighted by Gasteiger charge is 2.13. The van der Waals surface area contributed by atoms with Gasteiger partial charge in [-0.3, -0.25) is 4.79 Å². The van der Waals surface area contributed by atoms with Crippen LogP contribution in [0.15, 0.2) is 18.2 Å². The van der Waals surface area contributed by atoms with E-state index < -0.39 is 23.6 Å². The summed E-state index contributed by atoms with van der Waals surface area (Å²) in [6.45, 7) is 1.60. The zero-order valence-electron chi connectivity index (χ0n) is 8.46. The molecule has 0 aliphatic rings. The van der Waals surface area contributed by atoms with E-state index in [1.54, 1.807) is 6.92 Å². The largest absolute Gasteiger partial charge is 0.392 e. The lowest BCUT2D eigenvalue weighted by Crippen LogP contribution is -2.41. The van der Waals surface area contributed by atoms with Crippen molar-refractivity contribution in [1.82, 2.24) is 5.32 Å². The van der Waals surface area contributed by atoms with Gasteiger partial charge in [-0.15, -0.1) is 0 Å². The highest BCUT2D eigenvalue weighted by atomic mass is 32.1. The van der Waals surface area contributed by atoms with Crippen LogP contribution in [-0.2, 0) is 0 Å². The van der Waals surface area contributed by atoms with Gasteiger partial charge in [-0.25, -0.2) is 8.78 Å². The molecule has 3 N–H and O–H groups in total. The Kier molecular flexibility index (Phi) is 3.89. The molecule has 1 aromatic carbocycles. The second kappa shape index (κ2) is 4.98. The number of carbonyl (C=O) groups is 1. The van der Waals surface area contributed by atoms with Crippen LogP contribution in [0.4, 0.5) is 8.78 Å². The van der Waals surface area contributed by atoms with Crippen LogP contribution >= 0.6 is 12.2 Å². The van der Waals surface area contributed by atoms with Gasteiger partial charge in [0.2, 0.25) is 0 Å². The summed E-state index contributed by atoms with van der Waals surface area (Å²) in [6, 6.07) is 2.38. The van der Waals surface area contributed by atoms with Crippen molar-refractivity contribution < 1.29 is 13.6 Å². The normalized spacial score (nSPS) is 11.9. The van der Waals surface area contributed by atoms with Crippen LogP contribution in [-0.4, -0.2) is 16.9 Å². The number of hydrogen-bond donors (Lipinski definition) is 2. The molecular formula is C10H10F2N2OS. The van der Waals surface area contributed by atoms with Gasteiger partial charge < -0.3 is 11.1 Å². The van der Waals surface area contributed by atoms with Crippen molar-refractivity contribution in [2.75, 3.05) is 0 Å². The van der Waals surface area contributed by atoms with Crippen LogP contribution in [0.1, 0.15) is 17.3 Å². The first-order valence-electron chi connectivity index (χ1n) is 4.47. The lowest BCUT2D eigenvalue weighted by atomic mass is 10.2. The van der Waals surface area contributed by atoms with E-state index in [0.29, 0.717) is 0 Å². The lowest BCUT2D eigenvalue weighted by molar-refractivity contribution is 0.0949. The third-order valence-corrected chi connectivity index (χ3v) is 2.31. The van der Waals surface area contributed by atoms with E-state index in [9.17, 15) is 13.6 Å². The number of benzene rings is 1. The van der Waals surface area contributed by atoms with E-state index in [2.05, 4.69) is 17.5 Å². The number of halogens is 2. The van der Waals surface area contributed by atoms with Crippen molar-refractivity contribution in [3.63, 3.8) is 0 Å². The molecule has 16 heavy (non-hydrogen) atoms. The molecule has 0 radical (unpaired) electrons. The molecule has 0 aliphatic carbocycles. The minimum absolute atomic E-state index is 0.0157. The van der Waals surface area contributed by atoms with Crippen molar-refractivity contribution in [1.29, 1.82) is 0 Å². The molecule has 3 nitrogen and oxygen atoms in total. The topological polar surface area (TPSA) is 55.1 Å². The molecular weight excluding hydrogens is 234 g/mol. The summed E-state index contributed by atoms with van der Waals surface area (Å²) < 4.78 is 25.4. The Morgan fingerprint density at radius 1 is 1.44 bits per heavy atom. The predicted octanol–water partition coefficient (Wildman–Crippen LogP) is 1.37. The van der Waals surface area contributed by atoms with E-state index in [0.717, 1.165) is 12.1 Å². The van der Waals surface area contributed by atoms with Crippen molar-refractivity contribution in [2.24, 2.45) is 5.73 Å². The molecule has 1 atom stereocenters. The summed E-state index contributed by atoms with van der Waals surface area (Å²) in [5.41, 5.74) is 5.31. The first-order chi connectivity index (χ1) is 7.41. The van der Waals surface area contributed by atoms with E-state index in [1.807, 2.05) is 0 Å². The van der Waals surface area contributed by atoms with Crippen LogP contribution in [0.5, 0.6) is 0 Å². The van der Waals surface area contributed by atoms with Crippen LogP contribution in [0.3, 0.4) is 0 Å². The summed E-state index contributed by atoms with van der Waals surface area (Å²) >= 11 is 4.66. The molecule has 86 valence electrons. The van der Waals surface area contributed by atoms with Crippen LogP contribution in [0.25, 0.3) is 0 Å². The summed E-state index contributed by atoms with van der Waals surface area (Å²) in [4.78, 5) is 11.6. The number of nitrogens with two attached hydrogens (primary N) is 1. The van der Waals surface area contributed by atoms with E-state index in [1.165, 1.54) is 6.07 Å². The van der Waals surface area contributed by atoms with Gasteiger partial charge in [0, 0.05) is 5.56 Å². The van der Waals surface area contributed by atoms with Gasteiger partial charge in [0.1, 0.15) is 0 Å². The molecule has 0 aromatic heterocycles. The average Bonchev–Trinajstić information content (AvgIpc) is 2.21. The van der Waals surface area contributed by atoms with Gasteiger partial charge in [-0.1, -0.05) is 12.2 Å². The average molecular weight is 244 g/mol. The molecule has 1 aromatic rings. The second-order valence-electron chi connectivity index (χ2n) is 3.23. The predicted molar refractivity (Wildman–Crippen MR) is 60.1 cm³/mol. The molecule has 0 bridgehead atoms. The zero-order valence-corrected chi connectivity index (χ0v) is 9.28. The molecule has 1 amide bonds. The summed E-state index contributed by atoms with van der Waals surface area (Å²) in [7, 11) is 0. The molecule has 0 heterocycles. The van der Waals surface area contributed by atoms with Gasteiger partial charge in [-0.2, -0.15) is 0 Å². The first-order valence-corrected chi connectivity index (χ1v) is 4.88. The van der Waals surface area contributed by atoms with Crippen LogP contribution < -0.4 is 11.1 Å². The first kappa shape index (κ1) is 12.5. The third kappa shape index (κ3) is 2.96. The van der Waals surface area contributed by atoms with Gasteiger partial charge in [0.05, 0.1) is 11.0 Å². The summed E-state index contributed by atoms with van der Waals surface area (Å²) in [5.74, 6) is -2.63. The zero-order chi connectivity index (χ0) is 12.3. The molecule has 0 spiro atoms. The van der Waals surface area contributed by atoms with E-state index in [-0.39, 0.29) is 10.6 Å². The quantitative estimate of drug-likeness (QED) is 0.789. The Hall–Kier alpha value is -1.56. The van der Waals surface area contributed by atoms with E-state index >= 15 is 0 Å². The Morgan fingerprint density at radius 2 is 2.06 bits per heavy atom. The lowest BCUT2D eigenvalue weighted by Gasteiger charge is -2.11. The van der Waals surface area contributed by atoms with Crippen LogP contribution in [0.2, 0.25) is 0 Å². The Labute approximate surface area is 96.6 Å². The smallest absolute Gasteiger partial charge is 0.251 e. The highest BCUT2D eigenvalue weighted by molar-refractivity contribution is 7.80. The number of nitrogens with one attached hydrogen (secondary N) is 1. The minimum Gasteiger partial charge on any atom is -0.392 e. The van der Waals surface area contributed by atoms with E-state index in [4.69, 9.17) is 5.73 Å². The van der Waals surface area contributed by atoms with Gasteiger partial charge in [-0.05, 0) is 25.1 Å². The monoisotopic (exact) mass is 244 g/mol. The van der Waals surface area contributed by atoms with Gasteiger partial charge in [0.25, 0.3) is 5.91 Å². The van der Waals surface area contributed by atoms with Crippen LogP contribution in [0, 0.1) is 11.6 Å². The molecule has 0 saturated heterocycles. The molecule has 1 unspecified atom stereocenters. The van der Waals surface area contributed by atoms with Crippen molar-refractivity contribution in [2.45, 2.75) is 13.0 Å². The van der Waals surface area contributed by atoms with Crippen molar-refractivity contribution >= 4 is 23.1 Å². The Morgan fingerprint density at radius 3 is 2.56 bits per heavy atom. The summed E-state index contributed by atoms with van der Waals surface area (Å²) in [5, 5.41) is 2.45. The SMILES string of the molecule is CC(NC(=O)c1ccc(F)c(F)c1)C(N)=S. The van der Waals surface area contributed by atoms with Gasteiger partial charge in [0.15, 0.2) is 11.6 Å². The fourth-order valence-corrected chi connectivity index (χ4v) is 1.05. The Bertz CT molecular complexity index is 437. The molecule has 0 aliphatic heterocycles. The fraction of sp³-hybridized carbons (Fsp3) is 0.200. The third-order valence-electron chi connectivity index (χ3n) is 1.96. The number of amides is 1. The number of thiocarbonyl (C=S) groups is 1. The van der Waals surface area contributed by atoms with Crippen molar-refractivity contribution in [3.8, 4) is 0 Å². The fourth-order valence-electron chi connectivity index (χ4n) is 0.988. The molecule has 0 saturated carbocycles. The maximum Gasteiger partial charge on any atom is 0.251 e. The minimum atomic E-state index is -1.07. The summed E-state index contributed by atoms with van der Waals surface area (Å²) in [6.07, 6.45) is 0. The maximum atomic E-state index is 12.8.